The number of para-hydroxylation sites is 1. The molecule has 6 heteroatoms. The van der Waals surface area contributed by atoms with Crippen LogP contribution in [0.2, 0.25) is 0 Å². The van der Waals surface area contributed by atoms with E-state index >= 15 is 0 Å². The number of rotatable bonds is 5. The number of anilines is 1. The quantitative estimate of drug-likeness (QED) is 0.767. The maximum atomic E-state index is 13.6. The molecule has 0 aliphatic carbocycles. The van der Waals surface area contributed by atoms with Crippen molar-refractivity contribution >= 4 is 11.6 Å². The molecular weight excluding hydrogens is 335 g/mol. The minimum atomic E-state index is -0.616. The topological polar surface area (TPSA) is 60.3 Å². The normalized spacial score (nSPS) is 10.4. The number of nitrogens with zero attached hydrogens (tertiary/aromatic N) is 1. The van der Waals surface area contributed by atoms with E-state index in [1.807, 2.05) is 19.1 Å². The molecule has 0 bridgehead atoms. The molecule has 3 rings (SSSR count). The summed E-state index contributed by atoms with van der Waals surface area (Å²) in [6.45, 7) is 1.73. The molecule has 1 heterocycles. The molecule has 0 aliphatic rings. The molecule has 0 saturated carbocycles. The van der Waals surface area contributed by atoms with Gasteiger partial charge in [0.1, 0.15) is 18.0 Å². The molecule has 3 aromatic rings. The number of aryl methyl sites for hydroxylation is 1. The van der Waals surface area contributed by atoms with E-state index in [0.29, 0.717) is 11.3 Å². The van der Waals surface area contributed by atoms with Crippen LogP contribution in [-0.4, -0.2) is 10.6 Å². The third-order valence-electron chi connectivity index (χ3n) is 3.87. The van der Waals surface area contributed by atoms with Crippen LogP contribution in [0.3, 0.4) is 0 Å². The first-order valence-electron chi connectivity index (χ1n) is 8.01. The van der Waals surface area contributed by atoms with Crippen LogP contribution in [0.1, 0.15) is 21.5 Å². The second kappa shape index (κ2) is 7.65. The van der Waals surface area contributed by atoms with Crippen LogP contribution in [-0.2, 0) is 6.61 Å². The lowest BCUT2D eigenvalue weighted by Gasteiger charge is -2.11. The minimum Gasteiger partial charge on any atom is -0.406 e. The van der Waals surface area contributed by atoms with Crippen molar-refractivity contribution in [2.45, 2.75) is 13.5 Å². The zero-order valence-electron chi connectivity index (χ0n) is 14.1. The average molecular weight is 352 g/mol. The molecule has 0 radical (unpaired) electrons. The number of carbonyl (C=O) groups excluding carboxylic acids is 1. The highest BCUT2D eigenvalue weighted by Gasteiger charge is 2.14. The summed E-state index contributed by atoms with van der Waals surface area (Å²) in [4.78, 5) is 30.3. The van der Waals surface area contributed by atoms with Gasteiger partial charge < -0.3 is 10.2 Å². The second-order valence-electron chi connectivity index (χ2n) is 5.69. The Hall–Kier alpha value is -3.41. The largest absolute Gasteiger partial charge is 0.406 e. The van der Waals surface area contributed by atoms with Gasteiger partial charge in [0.2, 0.25) is 0 Å². The van der Waals surface area contributed by atoms with Gasteiger partial charge in [0, 0.05) is 17.4 Å². The number of carbonyl (C=O) groups is 1. The molecule has 1 N–H and O–H groups in total. The number of pyridine rings is 1. The molecule has 0 atom stereocenters. The summed E-state index contributed by atoms with van der Waals surface area (Å²) in [5, 5.41) is 2.71. The average Bonchev–Trinajstić information content (AvgIpc) is 2.64. The highest BCUT2D eigenvalue weighted by atomic mass is 19.1. The highest BCUT2D eigenvalue weighted by Crippen LogP contribution is 2.14. The Morgan fingerprint density at radius 3 is 2.58 bits per heavy atom. The fourth-order valence-corrected chi connectivity index (χ4v) is 2.41. The van der Waals surface area contributed by atoms with Crippen LogP contribution in [0.4, 0.5) is 10.1 Å². The van der Waals surface area contributed by atoms with E-state index in [1.54, 1.807) is 30.3 Å². The maximum Gasteiger partial charge on any atom is 0.295 e. The van der Waals surface area contributed by atoms with Crippen LogP contribution < -0.4 is 15.7 Å². The maximum absolute atomic E-state index is 13.6. The van der Waals surface area contributed by atoms with E-state index < -0.39 is 17.3 Å². The van der Waals surface area contributed by atoms with Gasteiger partial charge in [-0.1, -0.05) is 36.4 Å². The molecule has 1 aromatic heterocycles. The van der Waals surface area contributed by atoms with Crippen LogP contribution in [0, 0.1) is 12.7 Å². The van der Waals surface area contributed by atoms with Crippen LogP contribution in [0.25, 0.3) is 0 Å². The predicted molar refractivity (Wildman–Crippen MR) is 96.5 cm³/mol. The summed E-state index contributed by atoms with van der Waals surface area (Å²) >= 11 is 0. The standard InChI is InChI=1S/C20H17FN2O3/c1-14-7-2-5-11-18(14)22-19(24)16-9-6-12-23(20(16)25)26-13-15-8-3-4-10-17(15)21/h2-12H,13H2,1H3,(H,22,24). The first-order valence-corrected chi connectivity index (χ1v) is 8.01. The van der Waals surface area contributed by atoms with Crippen molar-refractivity contribution in [2.75, 3.05) is 5.32 Å². The Bertz CT molecular complexity index is 998. The lowest BCUT2D eigenvalue weighted by atomic mass is 10.2. The van der Waals surface area contributed by atoms with E-state index in [2.05, 4.69) is 5.32 Å². The summed E-state index contributed by atoms with van der Waals surface area (Å²) in [6.07, 6.45) is 1.38. The number of hydrogen-bond acceptors (Lipinski definition) is 3. The van der Waals surface area contributed by atoms with Crippen molar-refractivity contribution in [1.82, 2.24) is 4.73 Å². The molecule has 0 spiro atoms. The first kappa shape index (κ1) is 17.4. The Morgan fingerprint density at radius 1 is 1.08 bits per heavy atom. The number of amides is 1. The molecule has 2 aromatic carbocycles. The molecule has 1 amide bonds. The monoisotopic (exact) mass is 352 g/mol. The van der Waals surface area contributed by atoms with Gasteiger partial charge in [0.05, 0.1) is 0 Å². The first-order chi connectivity index (χ1) is 12.6. The summed E-state index contributed by atoms with van der Waals surface area (Å²) in [5.41, 5.74) is 1.14. The van der Waals surface area contributed by atoms with Gasteiger partial charge in [0.25, 0.3) is 11.5 Å². The van der Waals surface area contributed by atoms with Gasteiger partial charge in [0.15, 0.2) is 0 Å². The third kappa shape index (κ3) is 3.80. The van der Waals surface area contributed by atoms with E-state index in [1.165, 1.54) is 24.4 Å². The smallest absolute Gasteiger partial charge is 0.295 e. The Morgan fingerprint density at radius 2 is 1.81 bits per heavy atom. The number of halogens is 1. The van der Waals surface area contributed by atoms with Crippen LogP contribution >= 0.6 is 0 Å². The molecule has 26 heavy (non-hydrogen) atoms. The van der Waals surface area contributed by atoms with Crippen molar-refractivity contribution in [3.8, 4) is 0 Å². The molecule has 0 fully saturated rings. The Balaban J connectivity index is 1.79. The van der Waals surface area contributed by atoms with E-state index in [4.69, 9.17) is 4.84 Å². The van der Waals surface area contributed by atoms with Gasteiger partial charge in [-0.2, -0.15) is 4.73 Å². The fourth-order valence-electron chi connectivity index (χ4n) is 2.41. The molecular formula is C20H17FN2O3. The van der Waals surface area contributed by atoms with Gasteiger partial charge in [-0.3, -0.25) is 9.59 Å². The Labute approximate surface area is 149 Å². The SMILES string of the molecule is Cc1ccccc1NC(=O)c1cccn(OCc2ccccc2F)c1=O. The lowest BCUT2D eigenvalue weighted by molar-refractivity contribution is 0.0847. The molecule has 0 saturated heterocycles. The van der Waals surface area contributed by atoms with Crippen LogP contribution in [0.15, 0.2) is 71.7 Å². The lowest BCUT2D eigenvalue weighted by Crippen LogP contribution is -2.32. The number of hydrogen-bond donors (Lipinski definition) is 1. The van der Waals surface area contributed by atoms with E-state index in [-0.39, 0.29) is 12.2 Å². The van der Waals surface area contributed by atoms with Crippen molar-refractivity contribution in [3.05, 3.63) is 99.7 Å². The fraction of sp³-hybridized carbons (Fsp3) is 0.100. The number of benzene rings is 2. The molecule has 0 aliphatic heterocycles. The van der Waals surface area contributed by atoms with Crippen molar-refractivity contribution in [3.63, 3.8) is 0 Å². The minimum absolute atomic E-state index is 0.0655. The van der Waals surface area contributed by atoms with Crippen molar-refractivity contribution in [1.29, 1.82) is 0 Å². The Kier molecular flexibility index (Phi) is 5.12. The zero-order chi connectivity index (χ0) is 18.5. The summed E-state index contributed by atoms with van der Waals surface area (Å²) in [5.74, 6) is -0.956. The van der Waals surface area contributed by atoms with Crippen molar-refractivity contribution < 1.29 is 14.0 Å². The van der Waals surface area contributed by atoms with Crippen LogP contribution in [0.5, 0.6) is 0 Å². The van der Waals surface area contributed by atoms with Gasteiger partial charge in [-0.25, -0.2) is 4.39 Å². The summed E-state index contributed by atoms with van der Waals surface area (Å²) in [6, 6.07) is 16.3. The number of aromatic nitrogens is 1. The van der Waals surface area contributed by atoms with Gasteiger partial charge in [-0.05, 0) is 36.8 Å². The number of nitrogens with one attached hydrogen (secondary N) is 1. The summed E-state index contributed by atoms with van der Waals surface area (Å²) < 4.78 is 14.6. The van der Waals surface area contributed by atoms with E-state index in [0.717, 1.165) is 10.3 Å². The third-order valence-corrected chi connectivity index (χ3v) is 3.87. The molecule has 5 nitrogen and oxygen atoms in total. The van der Waals surface area contributed by atoms with E-state index in [9.17, 15) is 14.0 Å². The predicted octanol–water partition coefficient (Wildman–Crippen LogP) is 3.18. The second-order valence-corrected chi connectivity index (χ2v) is 5.69. The van der Waals surface area contributed by atoms with Gasteiger partial charge in [-0.15, -0.1) is 0 Å². The molecule has 132 valence electrons. The highest BCUT2D eigenvalue weighted by molar-refractivity contribution is 6.04. The summed E-state index contributed by atoms with van der Waals surface area (Å²) in [7, 11) is 0. The van der Waals surface area contributed by atoms with Crippen molar-refractivity contribution in [2.24, 2.45) is 0 Å². The zero-order valence-corrected chi connectivity index (χ0v) is 14.1. The van der Waals surface area contributed by atoms with Gasteiger partial charge >= 0.3 is 0 Å². The molecule has 0 unspecified atom stereocenters.